The molecule has 0 bridgehead atoms. The number of ether oxygens (including phenoxy) is 9. The molecule has 0 spiro atoms. The normalized spacial score (nSPS) is 35.7. The van der Waals surface area contributed by atoms with E-state index in [-0.39, 0.29) is 45.5 Å². The van der Waals surface area contributed by atoms with Gasteiger partial charge in [0.25, 0.3) is 0 Å². The van der Waals surface area contributed by atoms with E-state index in [0.29, 0.717) is 11.1 Å². The van der Waals surface area contributed by atoms with Crippen LogP contribution in [0.4, 0.5) is 14.4 Å². The van der Waals surface area contributed by atoms with Crippen LogP contribution in [0.15, 0.2) is 91.0 Å². The highest BCUT2D eigenvalue weighted by atomic mass is 16.8. The zero-order valence-corrected chi connectivity index (χ0v) is 40.7. The van der Waals surface area contributed by atoms with Crippen LogP contribution in [-0.2, 0) is 62.5 Å². The van der Waals surface area contributed by atoms with Crippen LogP contribution in [0, 0.1) is 5.92 Å². The van der Waals surface area contributed by atoms with E-state index in [9.17, 15) is 45.0 Å². The zero-order valence-electron chi connectivity index (χ0n) is 40.7. The molecule has 19 atom stereocenters. The minimum absolute atomic E-state index is 0.0580. The van der Waals surface area contributed by atoms with Crippen molar-refractivity contribution >= 4 is 18.3 Å². The summed E-state index contributed by atoms with van der Waals surface area (Å²) in [6.45, 7) is 6.72. The molecule has 3 aromatic rings. The molecule has 0 aromatic heterocycles. The summed E-state index contributed by atoms with van der Waals surface area (Å²) >= 11 is 0. The summed E-state index contributed by atoms with van der Waals surface area (Å²) < 4.78 is 54.5. The lowest BCUT2D eigenvalue weighted by molar-refractivity contribution is -0.315. The van der Waals surface area contributed by atoms with Gasteiger partial charge in [-0.1, -0.05) is 119 Å². The molecule has 1 saturated carbocycles. The molecule has 72 heavy (non-hydrogen) atoms. The predicted octanol–water partition coefficient (Wildman–Crippen LogP) is 2.64. The first-order chi connectivity index (χ1) is 34.7. The fraction of sp³-hybridized carbons (Fsp3) is 0.588. The van der Waals surface area contributed by atoms with Gasteiger partial charge in [0.05, 0.1) is 30.5 Å². The average molecular weight is 1010 g/mol. The number of aliphatic hydroxyl groups is 6. The predicted molar refractivity (Wildman–Crippen MR) is 252 cm³/mol. The number of rotatable bonds is 18. The Labute approximate surface area is 417 Å². The van der Waals surface area contributed by atoms with Gasteiger partial charge in [-0.15, -0.1) is 0 Å². The highest BCUT2D eigenvalue weighted by molar-refractivity contribution is 5.68. The SMILES string of the molecule is CC[C@@H]1O[C@H](O[C@H]2[C@@H](O)[C@H](O[C@@H]3[C@@H](O)[C@H](NC(=O)OCc4ccccc4)C[C@H](C)[C@H]3O[C@H]3O[C@H](CC)[C@@H](O)[C@H](O)[C@H]3NC(=O)OCc3ccccc3)O[C@@H]2CC)[C@H](NC(=O)OCc2ccccc2)[C@@H](O)[C@@H]1O. The molecule has 21 heteroatoms. The van der Waals surface area contributed by atoms with Gasteiger partial charge >= 0.3 is 18.3 Å². The molecule has 3 aliphatic heterocycles. The van der Waals surface area contributed by atoms with Gasteiger partial charge in [-0.05, 0) is 48.3 Å². The molecule has 3 saturated heterocycles. The Balaban J connectivity index is 1.11. The molecular formula is C51H69N3O18. The van der Waals surface area contributed by atoms with Crippen LogP contribution < -0.4 is 16.0 Å². The molecular weight excluding hydrogens is 943 g/mol. The molecule has 7 rings (SSSR count). The third-order valence-corrected chi connectivity index (χ3v) is 13.5. The van der Waals surface area contributed by atoms with Gasteiger partial charge < -0.3 is 89.2 Å². The summed E-state index contributed by atoms with van der Waals surface area (Å²) in [6, 6.07) is 23.0. The second-order valence-electron chi connectivity index (χ2n) is 18.6. The number of hydrogen-bond acceptors (Lipinski definition) is 18. The number of nitrogens with one attached hydrogen (secondary N) is 3. The topological polar surface area (TPSA) is 292 Å². The van der Waals surface area contributed by atoms with E-state index in [1.165, 1.54) is 0 Å². The Morgan fingerprint density at radius 1 is 0.472 bits per heavy atom. The maximum Gasteiger partial charge on any atom is 0.407 e. The van der Waals surface area contributed by atoms with Crippen molar-refractivity contribution in [3.8, 4) is 0 Å². The number of carbonyl (C=O) groups excluding carboxylic acids is 3. The maximum absolute atomic E-state index is 13.3. The van der Waals surface area contributed by atoms with Crippen LogP contribution in [0.1, 0.15) is 70.1 Å². The number of hydrogen-bond donors (Lipinski definition) is 9. The largest absolute Gasteiger partial charge is 0.445 e. The number of aliphatic hydroxyl groups excluding tert-OH is 6. The second-order valence-corrected chi connectivity index (χ2v) is 18.6. The van der Waals surface area contributed by atoms with Crippen molar-refractivity contribution in [2.75, 3.05) is 0 Å². The molecule has 3 amide bonds. The van der Waals surface area contributed by atoms with Gasteiger partial charge in [0.1, 0.15) is 80.7 Å². The maximum atomic E-state index is 13.3. The third kappa shape index (κ3) is 13.6. The van der Waals surface area contributed by atoms with Gasteiger partial charge in [0, 0.05) is 0 Å². The van der Waals surface area contributed by atoms with E-state index in [4.69, 9.17) is 42.6 Å². The third-order valence-electron chi connectivity index (χ3n) is 13.5. The van der Waals surface area contributed by atoms with Crippen molar-refractivity contribution < 1.29 is 87.7 Å². The van der Waals surface area contributed by atoms with Crippen LogP contribution in [0.5, 0.6) is 0 Å². The Morgan fingerprint density at radius 3 is 1.26 bits per heavy atom. The molecule has 0 unspecified atom stereocenters. The van der Waals surface area contributed by atoms with Crippen LogP contribution in [0.25, 0.3) is 0 Å². The van der Waals surface area contributed by atoms with Gasteiger partial charge in [-0.25, -0.2) is 14.4 Å². The van der Waals surface area contributed by atoms with Crippen molar-refractivity contribution in [3.05, 3.63) is 108 Å². The molecule has 4 fully saturated rings. The van der Waals surface area contributed by atoms with Gasteiger partial charge in [0.15, 0.2) is 18.9 Å². The van der Waals surface area contributed by atoms with Crippen LogP contribution in [0.2, 0.25) is 0 Å². The van der Waals surface area contributed by atoms with E-state index < -0.39 is 134 Å². The Morgan fingerprint density at radius 2 is 0.847 bits per heavy atom. The molecule has 21 nitrogen and oxygen atoms in total. The molecule has 4 aliphatic rings. The molecule has 9 N–H and O–H groups in total. The fourth-order valence-corrected chi connectivity index (χ4v) is 9.51. The molecule has 1 aliphatic carbocycles. The number of amides is 3. The van der Waals surface area contributed by atoms with Crippen LogP contribution >= 0.6 is 0 Å². The molecule has 3 aromatic carbocycles. The van der Waals surface area contributed by atoms with Crippen molar-refractivity contribution in [1.82, 2.24) is 16.0 Å². The minimum Gasteiger partial charge on any atom is -0.445 e. The van der Waals surface area contributed by atoms with E-state index in [1.807, 2.05) is 18.2 Å². The first kappa shape index (κ1) is 54.8. The van der Waals surface area contributed by atoms with Gasteiger partial charge in [0.2, 0.25) is 0 Å². The Hall–Kier alpha value is -5.01. The average Bonchev–Trinajstić information content (AvgIpc) is 3.69. The van der Waals surface area contributed by atoms with Gasteiger partial charge in [-0.3, -0.25) is 0 Å². The monoisotopic (exact) mass is 1010 g/mol. The van der Waals surface area contributed by atoms with Crippen molar-refractivity contribution in [1.29, 1.82) is 0 Å². The lowest BCUT2D eigenvalue weighted by Gasteiger charge is -2.48. The molecule has 0 radical (unpaired) electrons. The molecule has 396 valence electrons. The standard InChI is InChI=1S/C51H69N3O18/c1-5-32-38(56)40(58)35(53-50(62)65-25-29-19-13-9-14-20-29)46(67-32)70-43-27(4)23-31(52-49(61)64-24-28-17-11-8-12-18-28)37(55)45(43)72-48-42(60)44(34(7-3)69-48)71-47-36(41(59)39(57)33(6-2)68-47)54-51(63)66-26-30-21-15-10-16-22-30/h8-22,27,31-48,55-60H,5-7,23-26H2,1-4H3,(H,52,61)(H,53,62)(H,54,63)/t27-,31+,32+,33-,34+,35+,36+,37-,38+,39+,40+,41+,42+,43+,44+,45+,46+,47+,48-/m0/s1. The Bertz CT molecular complexity index is 2150. The first-order valence-corrected chi connectivity index (χ1v) is 24.6. The summed E-state index contributed by atoms with van der Waals surface area (Å²) in [7, 11) is 0. The van der Waals surface area contributed by atoms with Crippen molar-refractivity contribution in [2.45, 2.75) is 183 Å². The van der Waals surface area contributed by atoms with E-state index >= 15 is 0 Å². The lowest BCUT2D eigenvalue weighted by atomic mass is 9.80. The summed E-state index contributed by atoms with van der Waals surface area (Å²) in [4.78, 5) is 39.6. The highest BCUT2D eigenvalue weighted by Crippen LogP contribution is 2.38. The lowest BCUT2D eigenvalue weighted by Crippen LogP contribution is -2.67. The second kappa shape index (κ2) is 25.8. The highest BCUT2D eigenvalue weighted by Gasteiger charge is 2.55. The molecule has 3 heterocycles. The van der Waals surface area contributed by atoms with Crippen LogP contribution in [-0.4, -0.2) is 159 Å². The quantitative estimate of drug-likeness (QED) is 0.0828. The van der Waals surface area contributed by atoms with Gasteiger partial charge in [-0.2, -0.15) is 0 Å². The minimum atomic E-state index is -1.64. The van der Waals surface area contributed by atoms with E-state index in [2.05, 4.69) is 16.0 Å². The summed E-state index contributed by atoms with van der Waals surface area (Å²) in [6.07, 6.45) is -22.4. The van der Waals surface area contributed by atoms with Crippen molar-refractivity contribution in [3.63, 3.8) is 0 Å². The van der Waals surface area contributed by atoms with Crippen LogP contribution in [0.3, 0.4) is 0 Å². The fourth-order valence-electron chi connectivity index (χ4n) is 9.51. The Kier molecular flexibility index (Phi) is 19.6. The summed E-state index contributed by atoms with van der Waals surface area (Å²) in [5.41, 5.74) is 2.13. The number of alkyl carbamates (subject to hydrolysis) is 3. The first-order valence-electron chi connectivity index (χ1n) is 24.6. The summed E-state index contributed by atoms with van der Waals surface area (Å²) in [5, 5.41) is 77.0. The number of benzene rings is 3. The number of carbonyl (C=O) groups is 3. The summed E-state index contributed by atoms with van der Waals surface area (Å²) in [5.74, 6) is -0.605. The zero-order chi connectivity index (χ0) is 51.5. The van der Waals surface area contributed by atoms with Crippen molar-refractivity contribution in [2.24, 2.45) is 5.92 Å². The van der Waals surface area contributed by atoms with E-state index in [1.54, 1.807) is 100 Å². The van der Waals surface area contributed by atoms with E-state index in [0.717, 1.165) is 5.56 Å². The smallest absolute Gasteiger partial charge is 0.407 e.